The van der Waals surface area contributed by atoms with E-state index in [1.807, 2.05) is 69.3 Å². The molecule has 0 aliphatic heterocycles. The van der Waals surface area contributed by atoms with Crippen molar-refractivity contribution in [3.63, 3.8) is 0 Å². The molecule has 0 saturated carbocycles. The number of ether oxygens (including phenoxy) is 1. The van der Waals surface area contributed by atoms with Crippen LogP contribution in [0.3, 0.4) is 0 Å². The highest BCUT2D eigenvalue weighted by Gasteiger charge is 2.20. The number of nitrogens with zero attached hydrogens (tertiary/aromatic N) is 2. The van der Waals surface area contributed by atoms with Gasteiger partial charge in [0.2, 0.25) is 0 Å². The van der Waals surface area contributed by atoms with Gasteiger partial charge < -0.3 is 4.74 Å². The second-order valence-corrected chi connectivity index (χ2v) is 7.48. The summed E-state index contributed by atoms with van der Waals surface area (Å²) in [4.78, 5) is 17.7. The van der Waals surface area contributed by atoms with Gasteiger partial charge in [-0.2, -0.15) is 0 Å². The molecule has 0 N–H and O–H groups in total. The molecule has 0 saturated heterocycles. The number of aromatic nitrogens is 1. The Balaban J connectivity index is 2.06. The highest BCUT2D eigenvalue weighted by molar-refractivity contribution is 14.1. The molecule has 0 spiro atoms. The van der Waals surface area contributed by atoms with Crippen LogP contribution in [0, 0.1) is 3.70 Å². The lowest BCUT2D eigenvalue weighted by Gasteiger charge is -2.24. The number of benzene rings is 1. The summed E-state index contributed by atoms with van der Waals surface area (Å²) in [7, 11) is 1.71. The van der Waals surface area contributed by atoms with Gasteiger partial charge in [-0.3, -0.25) is 9.88 Å². The van der Waals surface area contributed by atoms with E-state index in [0.717, 1.165) is 20.5 Å². The van der Waals surface area contributed by atoms with Gasteiger partial charge in [0.15, 0.2) is 0 Å². The standard InChI is InChI=1S/C19H21IN2O2/c1-19(2,3)24-18(23)22(4)16-9-7-14(8-10-16)5-6-15-11-12-21-17(20)13-15/h5-13H,1-4H3/b6-5+. The van der Waals surface area contributed by atoms with E-state index in [-0.39, 0.29) is 6.09 Å². The molecule has 1 aromatic carbocycles. The van der Waals surface area contributed by atoms with Crippen molar-refractivity contribution in [2.45, 2.75) is 26.4 Å². The maximum atomic E-state index is 12.1. The van der Waals surface area contributed by atoms with E-state index >= 15 is 0 Å². The molecule has 24 heavy (non-hydrogen) atoms. The van der Waals surface area contributed by atoms with E-state index in [2.05, 4.69) is 27.6 Å². The Labute approximate surface area is 156 Å². The Morgan fingerprint density at radius 3 is 2.33 bits per heavy atom. The summed E-state index contributed by atoms with van der Waals surface area (Å²) in [5.41, 5.74) is 2.45. The maximum Gasteiger partial charge on any atom is 0.414 e. The van der Waals surface area contributed by atoms with Gasteiger partial charge in [-0.05, 0) is 78.8 Å². The van der Waals surface area contributed by atoms with Crippen molar-refractivity contribution in [1.29, 1.82) is 0 Å². The second-order valence-electron chi connectivity index (χ2n) is 6.38. The molecule has 0 atom stereocenters. The second kappa shape index (κ2) is 7.79. The van der Waals surface area contributed by atoms with Crippen LogP contribution in [-0.2, 0) is 4.74 Å². The fourth-order valence-corrected chi connectivity index (χ4v) is 2.48. The normalized spacial score (nSPS) is 11.5. The van der Waals surface area contributed by atoms with E-state index < -0.39 is 5.60 Å². The van der Waals surface area contributed by atoms with E-state index in [0.29, 0.717) is 0 Å². The summed E-state index contributed by atoms with van der Waals surface area (Å²) >= 11 is 2.19. The van der Waals surface area contributed by atoms with Crippen LogP contribution >= 0.6 is 22.6 Å². The molecule has 0 aliphatic carbocycles. The fourth-order valence-electron chi connectivity index (χ4n) is 1.96. The molecule has 1 aromatic heterocycles. The number of anilines is 1. The molecule has 4 nitrogen and oxygen atoms in total. The number of amides is 1. The Bertz CT molecular complexity index is 734. The van der Waals surface area contributed by atoms with Crippen molar-refractivity contribution in [3.8, 4) is 0 Å². The zero-order valence-corrected chi connectivity index (χ0v) is 16.4. The first-order valence-corrected chi connectivity index (χ1v) is 8.69. The van der Waals surface area contributed by atoms with Crippen LogP contribution in [0.1, 0.15) is 31.9 Å². The number of hydrogen-bond donors (Lipinski definition) is 0. The van der Waals surface area contributed by atoms with Gasteiger partial charge in [0.25, 0.3) is 0 Å². The Hall–Kier alpha value is -1.89. The molecule has 5 heteroatoms. The lowest BCUT2D eigenvalue weighted by atomic mass is 10.1. The molecule has 1 heterocycles. The average molecular weight is 436 g/mol. The predicted octanol–water partition coefficient (Wildman–Crippen LogP) is 5.23. The monoisotopic (exact) mass is 436 g/mol. The summed E-state index contributed by atoms with van der Waals surface area (Å²) < 4.78 is 6.33. The first kappa shape index (κ1) is 18.4. The third-order valence-corrected chi connectivity index (χ3v) is 3.76. The largest absolute Gasteiger partial charge is 0.443 e. The van der Waals surface area contributed by atoms with Crippen molar-refractivity contribution >= 4 is 46.5 Å². The molecule has 0 unspecified atom stereocenters. The first-order valence-electron chi connectivity index (χ1n) is 7.61. The van der Waals surface area contributed by atoms with Crippen molar-refractivity contribution in [3.05, 3.63) is 57.4 Å². The van der Waals surface area contributed by atoms with E-state index in [1.165, 1.54) is 4.90 Å². The van der Waals surface area contributed by atoms with Crippen molar-refractivity contribution in [2.75, 3.05) is 11.9 Å². The molecule has 126 valence electrons. The van der Waals surface area contributed by atoms with Crippen LogP contribution in [0.25, 0.3) is 12.2 Å². The number of rotatable bonds is 3. The topological polar surface area (TPSA) is 42.4 Å². The highest BCUT2D eigenvalue weighted by atomic mass is 127. The van der Waals surface area contributed by atoms with Gasteiger partial charge in [0.05, 0.1) is 0 Å². The minimum atomic E-state index is -0.504. The molecular weight excluding hydrogens is 415 g/mol. The van der Waals surface area contributed by atoms with Crippen LogP contribution < -0.4 is 4.90 Å². The van der Waals surface area contributed by atoms with Crippen molar-refractivity contribution in [2.24, 2.45) is 0 Å². The predicted molar refractivity (Wildman–Crippen MR) is 107 cm³/mol. The fraction of sp³-hybridized carbons (Fsp3) is 0.263. The number of carbonyl (C=O) groups is 1. The van der Waals surface area contributed by atoms with Gasteiger partial charge in [-0.1, -0.05) is 24.3 Å². The average Bonchev–Trinajstić information content (AvgIpc) is 2.51. The lowest BCUT2D eigenvalue weighted by Crippen LogP contribution is -2.34. The summed E-state index contributed by atoms with van der Waals surface area (Å²) in [5, 5.41) is 0. The third kappa shape index (κ3) is 5.63. The number of halogens is 1. The SMILES string of the molecule is CN(C(=O)OC(C)(C)C)c1ccc(/C=C/c2ccnc(I)c2)cc1. The van der Waals surface area contributed by atoms with E-state index in [9.17, 15) is 4.79 Å². The van der Waals surface area contributed by atoms with E-state index in [1.54, 1.807) is 13.2 Å². The van der Waals surface area contributed by atoms with Crippen LogP contribution in [0.5, 0.6) is 0 Å². The molecule has 2 aromatic rings. The van der Waals surface area contributed by atoms with Gasteiger partial charge in [0, 0.05) is 18.9 Å². The van der Waals surface area contributed by atoms with Crippen molar-refractivity contribution < 1.29 is 9.53 Å². The minimum absolute atomic E-state index is 0.364. The first-order chi connectivity index (χ1) is 11.2. The lowest BCUT2D eigenvalue weighted by molar-refractivity contribution is 0.0589. The third-order valence-electron chi connectivity index (χ3n) is 3.17. The van der Waals surface area contributed by atoms with Gasteiger partial charge >= 0.3 is 6.09 Å². The number of hydrogen-bond acceptors (Lipinski definition) is 3. The van der Waals surface area contributed by atoms with Crippen LogP contribution in [0.4, 0.5) is 10.5 Å². The summed E-state index contributed by atoms with van der Waals surface area (Å²) in [6.45, 7) is 5.56. The summed E-state index contributed by atoms with van der Waals surface area (Å²) in [6.07, 6.45) is 5.50. The van der Waals surface area contributed by atoms with Crippen LogP contribution in [-0.4, -0.2) is 23.7 Å². The Kier molecular flexibility index (Phi) is 5.99. The van der Waals surface area contributed by atoms with Crippen molar-refractivity contribution in [1.82, 2.24) is 4.98 Å². The molecular formula is C19H21IN2O2. The van der Waals surface area contributed by atoms with Gasteiger partial charge in [0.1, 0.15) is 9.30 Å². The van der Waals surface area contributed by atoms with Gasteiger partial charge in [-0.25, -0.2) is 4.79 Å². The molecule has 0 bridgehead atoms. The minimum Gasteiger partial charge on any atom is -0.443 e. The number of carbonyl (C=O) groups excluding carboxylic acids is 1. The summed E-state index contributed by atoms with van der Waals surface area (Å²) in [6, 6.07) is 11.7. The quantitative estimate of drug-likeness (QED) is 0.489. The molecule has 0 aliphatic rings. The smallest absolute Gasteiger partial charge is 0.414 e. The van der Waals surface area contributed by atoms with Gasteiger partial charge in [-0.15, -0.1) is 0 Å². The molecule has 2 rings (SSSR count). The maximum absolute atomic E-state index is 12.1. The van der Waals surface area contributed by atoms with E-state index in [4.69, 9.17) is 4.74 Å². The Morgan fingerprint density at radius 2 is 1.75 bits per heavy atom. The number of pyridine rings is 1. The molecule has 0 fully saturated rings. The highest BCUT2D eigenvalue weighted by Crippen LogP contribution is 2.18. The Morgan fingerprint density at radius 1 is 1.12 bits per heavy atom. The zero-order chi connectivity index (χ0) is 17.7. The van der Waals surface area contributed by atoms with Crippen LogP contribution in [0.2, 0.25) is 0 Å². The molecule has 0 radical (unpaired) electrons. The zero-order valence-electron chi connectivity index (χ0n) is 14.3. The summed E-state index contributed by atoms with van der Waals surface area (Å²) in [5.74, 6) is 0. The van der Waals surface area contributed by atoms with Crippen LogP contribution in [0.15, 0.2) is 42.6 Å². The molecule has 1 amide bonds.